The van der Waals surface area contributed by atoms with Crippen LogP contribution in [-0.4, -0.2) is 55.3 Å². The predicted octanol–water partition coefficient (Wildman–Crippen LogP) is 0.898. The maximum absolute atomic E-state index is 13.9. The van der Waals surface area contributed by atoms with Crippen LogP contribution in [0.2, 0.25) is 0 Å². The standard InChI is InChI=1S/C16H19FN2O5/c1-3-24-14-11(17)5-4-6-12(14)18-13-10(16(22)23-2)9-19(7-8-20)15(13)21/h4-6,18,20H,3,7-9H2,1-2H3. The van der Waals surface area contributed by atoms with Gasteiger partial charge in [-0.2, -0.15) is 0 Å². The largest absolute Gasteiger partial charge is 0.489 e. The fraction of sp³-hybridized carbons (Fsp3) is 0.375. The van der Waals surface area contributed by atoms with E-state index in [0.29, 0.717) is 0 Å². The smallest absolute Gasteiger partial charge is 0.337 e. The first-order chi connectivity index (χ1) is 11.5. The molecule has 130 valence electrons. The van der Waals surface area contributed by atoms with Gasteiger partial charge in [0.05, 0.1) is 38.1 Å². The van der Waals surface area contributed by atoms with Gasteiger partial charge in [-0.3, -0.25) is 4.79 Å². The van der Waals surface area contributed by atoms with Crippen LogP contribution in [0.4, 0.5) is 10.1 Å². The predicted molar refractivity (Wildman–Crippen MR) is 83.9 cm³/mol. The van der Waals surface area contributed by atoms with Crippen molar-refractivity contribution in [1.82, 2.24) is 4.90 Å². The highest BCUT2D eigenvalue weighted by Gasteiger charge is 2.35. The zero-order valence-corrected chi connectivity index (χ0v) is 13.5. The number of hydrogen-bond donors (Lipinski definition) is 2. The minimum absolute atomic E-state index is 0.00762. The molecule has 0 radical (unpaired) electrons. The van der Waals surface area contributed by atoms with Gasteiger partial charge in [0.2, 0.25) is 0 Å². The van der Waals surface area contributed by atoms with E-state index in [1.807, 2.05) is 0 Å². The van der Waals surface area contributed by atoms with Crippen molar-refractivity contribution in [2.45, 2.75) is 6.92 Å². The second-order valence-electron chi connectivity index (χ2n) is 4.97. The molecule has 1 aromatic rings. The van der Waals surface area contributed by atoms with Crippen LogP contribution in [0.3, 0.4) is 0 Å². The molecule has 24 heavy (non-hydrogen) atoms. The molecular formula is C16H19FN2O5. The number of β-amino-alcohol motifs (C(OH)–C–C–N with tert-alkyl or cyclic N) is 1. The number of hydrogen-bond acceptors (Lipinski definition) is 6. The van der Waals surface area contributed by atoms with Crippen LogP contribution in [0.15, 0.2) is 29.5 Å². The molecule has 0 atom stereocenters. The van der Waals surface area contributed by atoms with E-state index >= 15 is 0 Å². The van der Waals surface area contributed by atoms with Gasteiger partial charge < -0.3 is 24.8 Å². The molecular weight excluding hydrogens is 319 g/mol. The first-order valence-electron chi connectivity index (χ1n) is 7.43. The van der Waals surface area contributed by atoms with Crippen molar-refractivity contribution in [3.8, 4) is 5.75 Å². The lowest BCUT2D eigenvalue weighted by molar-refractivity contribution is -0.136. The third-order valence-corrected chi connectivity index (χ3v) is 3.47. The minimum atomic E-state index is -0.666. The summed E-state index contributed by atoms with van der Waals surface area (Å²) in [5.41, 5.74) is 0.331. The lowest BCUT2D eigenvalue weighted by atomic mass is 10.2. The molecule has 0 saturated carbocycles. The number of halogens is 1. The van der Waals surface area contributed by atoms with E-state index in [1.165, 1.54) is 30.2 Å². The molecule has 7 nitrogen and oxygen atoms in total. The summed E-state index contributed by atoms with van der Waals surface area (Å²) in [5.74, 6) is -1.76. The highest BCUT2D eigenvalue weighted by Crippen LogP contribution is 2.31. The van der Waals surface area contributed by atoms with Crippen LogP contribution >= 0.6 is 0 Å². The fourth-order valence-corrected chi connectivity index (χ4v) is 2.38. The number of rotatable bonds is 7. The number of para-hydroxylation sites is 1. The summed E-state index contributed by atoms with van der Waals surface area (Å²) < 4.78 is 23.9. The van der Waals surface area contributed by atoms with Crippen molar-refractivity contribution < 1.29 is 28.6 Å². The molecule has 0 saturated heterocycles. The SMILES string of the molecule is CCOc1c(F)cccc1NC1=C(C(=O)OC)CN(CCO)C1=O. The van der Waals surface area contributed by atoms with Crippen LogP contribution in [0.1, 0.15) is 6.92 Å². The monoisotopic (exact) mass is 338 g/mol. The summed E-state index contributed by atoms with van der Waals surface area (Å²) in [5, 5.41) is 11.8. The maximum Gasteiger partial charge on any atom is 0.337 e. The third-order valence-electron chi connectivity index (χ3n) is 3.47. The van der Waals surface area contributed by atoms with Gasteiger partial charge in [0, 0.05) is 6.54 Å². The summed E-state index contributed by atoms with van der Waals surface area (Å²) in [6, 6.07) is 4.24. The van der Waals surface area contributed by atoms with Crippen LogP contribution in [0, 0.1) is 5.82 Å². The molecule has 2 rings (SSSR count). The number of anilines is 1. The van der Waals surface area contributed by atoms with Crippen LogP contribution < -0.4 is 10.1 Å². The molecule has 0 fully saturated rings. The van der Waals surface area contributed by atoms with Gasteiger partial charge in [-0.1, -0.05) is 6.07 Å². The molecule has 0 unspecified atom stereocenters. The number of carbonyl (C=O) groups excluding carboxylic acids is 2. The summed E-state index contributed by atoms with van der Waals surface area (Å²) in [7, 11) is 1.21. The number of methoxy groups -OCH3 is 1. The van der Waals surface area contributed by atoms with Crippen molar-refractivity contribution in [2.24, 2.45) is 0 Å². The van der Waals surface area contributed by atoms with E-state index in [0.717, 1.165) is 0 Å². The van der Waals surface area contributed by atoms with Gasteiger partial charge in [-0.05, 0) is 19.1 Å². The first kappa shape index (κ1) is 17.7. The number of esters is 1. The van der Waals surface area contributed by atoms with E-state index in [1.54, 1.807) is 6.92 Å². The van der Waals surface area contributed by atoms with Gasteiger partial charge in [0.15, 0.2) is 11.6 Å². The number of amides is 1. The molecule has 2 N–H and O–H groups in total. The molecule has 0 aromatic heterocycles. The second-order valence-corrected chi connectivity index (χ2v) is 4.97. The first-order valence-corrected chi connectivity index (χ1v) is 7.43. The zero-order chi connectivity index (χ0) is 17.7. The highest BCUT2D eigenvalue weighted by atomic mass is 19.1. The number of nitrogens with one attached hydrogen (secondary N) is 1. The molecule has 0 bridgehead atoms. The van der Waals surface area contributed by atoms with Crippen LogP contribution in [0.5, 0.6) is 5.75 Å². The Morgan fingerprint density at radius 1 is 1.46 bits per heavy atom. The summed E-state index contributed by atoms with van der Waals surface area (Å²) in [4.78, 5) is 25.7. The van der Waals surface area contributed by atoms with Crippen molar-refractivity contribution >= 4 is 17.6 Å². The summed E-state index contributed by atoms with van der Waals surface area (Å²) in [6.45, 7) is 1.79. The number of aliphatic hydroxyl groups excluding tert-OH is 1. The molecule has 1 heterocycles. The van der Waals surface area contributed by atoms with Gasteiger partial charge in [0.25, 0.3) is 5.91 Å². The fourth-order valence-electron chi connectivity index (χ4n) is 2.38. The summed E-state index contributed by atoms with van der Waals surface area (Å²) >= 11 is 0. The van der Waals surface area contributed by atoms with Gasteiger partial charge in [-0.25, -0.2) is 9.18 Å². The average molecular weight is 338 g/mol. The number of nitrogens with zero attached hydrogens (tertiary/aromatic N) is 1. The van der Waals surface area contributed by atoms with E-state index in [2.05, 4.69) is 5.32 Å². The van der Waals surface area contributed by atoms with Crippen LogP contribution in [0.25, 0.3) is 0 Å². The van der Waals surface area contributed by atoms with Crippen molar-refractivity contribution in [2.75, 3.05) is 38.7 Å². The highest BCUT2D eigenvalue weighted by molar-refractivity contribution is 6.08. The number of ether oxygens (including phenoxy) is 2. The molecule has 1 amide bonds. The Morgan fingerprint density at radius 3 is 2.83 bits per heavy atom. The van der Waals surface area contributed by atoms with E-state index in [4.69, 9.17) is 14.6 Å². The van der Waals surface area contributed by atoms with E-state index < -0.39 is 17.7 Å². The average Bonchev–Trinajstić information content (AvgIpc) is 2.87. The molecule has 1 aliphatic rings. The van der Waals surface area contributed by atoms with Crippen molar-refractivity contribution in [3.05, 3.63) is 35.3 Å². The van der Waals surface area contributed by atoms with Gasteiger partial charge >= 0.3 is 5.97 Å². The van der Waals surface area contributed by atoms with Gasteiger partial charge in [0.1, 0.15) is 5.70 Å². The number of carbonyl (C=O) groups is 2. The lowest BCUT2D eigenvalue weighted by Crippen LogP contribution is -2.31. The van der Waals surface area contributed by atoms with Gasteiger partial charge in [-0.15, -0.1) is 0 Å². The third kappa shape index (κ3) is 3.48. The number of benzene rings is 1. The molecule has 1 aliphatic heterocycles. The lowest BCUT2D eigenvalue weighted by Gasteiger charge is -2.16. The summed E-state index contributed by atoms with van der Waals surface area (Å²) in [6.07, 6.45) is 0. The van der Waals surface area contributed by atoms with E-state index in [-0.39, 0.29) is 49.0 Å². The molecule has 1 aromatic carbocycles. The molecule has 0 aliphatic carbocycles. The Kier molecular flexibility index (Phi) is 5.75. The van der Waals surface area contributed by atoms with E-state index in [9.17, 15) is 14.0 Å². The maximum atomic E-state index is 13.9. The van der Waals surface area contributed by atoms with Crippen molar-refractivity contribution in [3.63, 3.8) is 0 Å². The van der Waals surface area contributed by atoms with Crippen LogP contribution in [-0.2, 0) is 14.3 Å². The Hall–Kier alpha value is -2.61. The zero-order valence-electron chi connectivity index (χ0n) is 13.5. The Balaban J connectivity index is 2.39. The minimum Gasteiger partial charge on any atom is -0.489 e. The Morgan fingerprint density at radius 2 is 2.21 bits per heavy atom. The molecule has 8 heteroatoms. The molecule has 0 spiro atoms. The number of aliphatic hydroxyl groups is 1. The normalized spacial score (nSPS) is 14.2. The topological polar surface area (TPSA) is 88.1 Å². The Bertz CT molecular complexity index is 674. The quantitative estimate of drug-likeness (QED) is 0.718. The second kappa shape index (κ2) is 7.78. The Labute approximate surface area is 138 Å². The van der Waals surface area contributed by atoms with Crippen molar-refractivity contribution in [1.29, 1.82) is 0 Å².